The molecule has 1 aliphatic rings. The first-order valence-electron chi connectivity index (χ1n) is 4.13. The molecule has 0 aromatic rings. The van der Waals surface area contributed by atoms with Crippen molar-refractivity contribution >= 4 is 0 Å². The van der Waals surface area contributed by atoms with Gasteiger partial charge in [-0.1, -0.05) is 0 Å². The third-order valence-electron chi connectivity index (χ3n) is 2.62. The largest absolute Gasteiger partial charge is 0.381 e. The number of hydrogen-bond donors (Lipinski definition) is 1. The van der Waals surface area contributed by atoms with E-state index in [2.05, 4.69) is 0 Å². The molecule has 0 aliphatic carbocycles. The van der Waals surface area contributed by atoms with E-state index in [0.717, 1.165) is 12.8 Å². The average Bonchev–Trinajstić information content (AvgIpc) is 2.38. The van der Waals surface area contributed by atoms with Crippen LogP contribution in [0.4, 0.5) is 4.39 Å². The van der Waals surface area contributed by atoms with Crippen LogP contribution < -0.4 is 5.73 Å². The average molecular weight is 161 g/mol. The van der Waals surface area contributed by atoms with E-state index in [1.807, 2.05) is 0 Å². The summed E-state index contributed by atoms with van der Waals surface area (Å²) in [6.45, 7) is 3.39. The number of ether oxygens (including phenoxy) is 1. The molecule has 2 nitrogen and oxygen atoms in total. The number of nitrogens with two attached hydrogens (primary N) is 1. The van der Waals surface area contributed by atoms with Gasteiger partial charge in [0.1, 0.15) is 6.17 Å². The fourth-order valence-corrected chi connectivity index (χ4v) is 1.62. The monoisotopic (exact) mass is 161 g/mol. The maximum Gasteiger partial charge on any atom is 0.105 e. The van der Waals surface area contributed by atoms with Gasteiger partial charge in [-0.05, 0) is 26.3 Å². The van der Waals surface area contributed by atoms with Crippen molar-refractivity contribution in [3.05, 3.63) is 0 Å². The minimum atomic E-state index is -0.798. The van der Waals surface area contributed by atoms with Crippen LogP contribution in [0.15, 0.2) is 0 Å². The molecule has 66 valence electrons. The van der Waals surface area contributed by atoms with Gasteiger partial charge in [-0.2, -0.15) is 0 Å². The zero-order valence-electron chi connectivity index (χ0n) is 6.98. The van der Waals surface area contributed by atoms with Gasteiger partial charge in [0.25, 0.3) is 0 Å². The lowest BCUT2D eigenvalue weighted by atomic mass is 9.80. The smallest absolute Gasteiger partial charge is 0.105 e. The highest BCUT2D eigenvalue weighted by Crippen LogP contribution is 2.37. The molecule has 0 bridgehead atoms. The molecule has 1 heterocycles. The van der Waals surface area contributed by atoms with E-state index in [0.29, 0.717) is 19.8 Å². The molecule has 0 aromatic carbocycles. The van der Waals surface area contributed by atoms with Crippen molar-refractivity contribution < 1.29 is 9.13 Å². The fraction of sp³-hybridized carbons (Fsp3) is 1.00. The Balaban J connectivity index is 2.55. The second-order valence-electron chi connectivity index (χ2n) is 3.32. The molecule has 0 saturated carbocycles. The number of alkyl halides is 1. The Bertz CT molecular complexity index is 121. The van der Waals surface area contributed by atoms with Crippen LogP contribution in [-0.4, -0.2) is 25.9 Å². The molecule has 1 aliphatic heterocycles. The molecule has 2 unspecified atom stereocenters. The summed E-state index contributed by atoms with van der Waals surface area (Å²) in [6.07, 6.45) is 0.764. The quantitative estimate of drug-likeness (QED) is 0.672. The highest BCUT2D eigenvalue weighted by molar-refractivity contribution is 4.88. The lowest BCUT2D eigenvalue weighted by Gasteiger charge is -2.28. The maximum atomic E-state index is 13.1. The van der Waals surface area contributed by atoms with E-state index in [1.165, 1.54) is 0 Å². The van der Waals surface area contributed by atoms with E-state index in [9.17, 15) is 4.39 Å². The van der Waals surface area contributed by atoms with Gasteiger partial charge in [0, 0.05) is 12.0 Å². The van der Waals surface area contributed by atoms with E-state index in [1.54, 1.807) is 6.92 Å². The van der Waals surface area contributed by atoms with Crippen LogP contribution in [0, 0.1) is 5.41 Å². The van der Waals surface area contributed by atoms with Crippen molar-refractivity contribution in [2.45, 2.75) is 25.9 Å². The van der Waals surface area contributed by atoms with Crippen molar-refractivity contribution in [3.8, 4) is 0 Å². The van der Waals surface area contributed by atoms with Crippen LogP contribution in [0.1, 0.15) is 19.8 Å². The molecule has 1 fully saturated rings. The summed E-state index contributed by atoms with van der Waals surface area (Å²) in [5.74, 6) is 0. The Kier molecular flexibility index (Phi) is 2.84. The topological polar surface area (TPSA) is 35.2 Å². The zero-order valence-corrected chi connectivity index (χ0v) is 6.98. The number of halogens is 1. The molecule has 0 spiro atoms. The standard InChI is InChI=1S/C8H16FNO/c1-7(9)8(2-4-10)3-5-11-6-8/h7H,2-6,10H2,1H3. The maximum absolute atomic E-state index is 13.1. The minimum Gasteiger partial charge on any atom is -0.381 e. The summed E-state index contributed by atoms with van der Waals surface area (Å²) < 4.78 is 18.3. The molecule has 2 atom stereocenters. The summed E-state index contributed by atoms with van der Waals surface area (Å²) in [5.41, 5.74) is 5.14. The van der Waals surface area contributed by atoms with Crippen LogP contribution in [0.25, 0.3) is 0 Å². The molecule has 1 saturated heterocycles. The van der Waals surface area contributed by atoms with E-state index in [4.69, 9.17) is 10.5 Å². The number of hydrogen-bond acceptors (Lipinski definition) is 2. The second-order valence-corrected chi connectivity index (χ2v) is 3.32. The minimum absolute atomic E-state index is 0.269. The molecule has 0 amide bonds. The Morgan fingerprint density at radius 3 is 2.82 bits per heavy atom. The molecule has 0 aromatic heterocycles. The lowest BCUT2D eigenvalue weighted by Crippen LogP contribution is -2.33. The van der Waals surface area contributed by atoms with Crippen LogP contribution in [0.2, 0.25) is 0 Å². The molecule has 3 heteroatoms. The molecule has 2 N–H and O–H groups in total. The summed E-state index contributed by atoms with van der Waals surface area (Å²) in [7, 11) is 0. The molecule has 0 radical (unpaired) electrons. The van der Waals surface area contributed by atoms with Gasteiger partial charge >= 0.3 is 0 Å². The predicted octanol–water partition coefficient (Wildman–Crippen LogP) is 1.10. The molecule has 11 heavy (non-hydrogen) atoms. The summed E-state index contributed by atoms with van der Waals surface area (Å²) >= 11 is 0. The van der Waals surface area contributed by atoms with Crippen molar-refractivity contribution in [2.24, 2.45) is 11.1 Å². The molecular formula is C8H16FNO. The lowest BCUT2D eigenvalue weighted by molar-refractivity contribution is 0.0808. The van der Waals surface area contributed by atoms with Gasteiger partial charge in [-0.25, -0.2) is 4.39 Å². The van der Waals surface area contributed by atoms with Gasteiger partial charge in [0.2, 0.25) is 0 Å². The van der Waals surface area contributed by atoms with Crippen molar-refractivity contribution in [2.75, 3.05) is 19.8 Å². The molecule has 1 rings (SSSR count). The molecular weight excluding hydrogens is 145 g/mol. The van der Waals surface area contributed by atoms with Gasteiger partial charge in [0.05, 0.1) is 6.61 Å². The second kappa shape index (κ2) is 3.50. The first-order valence-corrected chi connectivity index (χ1v) is 4.13. The zero-order chi connectivity index (χ0) is 8.32. The van der Waals surface area contributed by atoms with Gasteiger partial charge < -0.3 is 10.5 Å². The highest BCUT2D eigenvalue weighted by Gasteiger charge is 2.39. The van der Waals surface area contributed by atoms with Crippen molar-refractivity contribution in [1.82, 2.24) is 0 Å². The Hall–Kier alpha value is -0.150. The first-order chi connectivity index (χ1) is 5.21. The third kappa shape index (κ3) is 1.71. The van der Waals surface area contributed by atoms with Gasteiger partial charge in [-0.3, -0.25) is 0 Å². The fourth-order valence-electron chi connectivity index (χ4n) is 1.62. The summed E-state index contributed by atoms with van der Waals surface area (Å²) in [4.78, 5) is 0. The van der Waals surface area contributed by atoms with Gasteiger partial charge in [-0.15, -0.1) is 0 Å². The van der Waals surface area contributed by atoms with Crippen molar-refractivity contribution in [1.29, 1.82) is 0 Å². The van der Waals surface area contributed by atoms with Gasteiger partial charge in [0.15, 0.2) is 0 Å². The van der Waals surface area contributed by atoms with Crippen LogP contribution >= 0.6 is 0 Å². The van der Waals surface area contributed by atoms with E-state index < -0.39 is 6.17 Å². The normalized spacial score (nSPS) is 34.1. The predicted molar refractivity (Wildman–Crippen MR) is 42.1 cm³/mol. The van der Waals surface area contributed by atoms with E-state index >= 15 is 0 Å². The van der Waals surface area contributed by atoms with Crippen molar-refractivity contribution in [3.63, 3.8) is 0 Å². The first kappa shape index (κ1) is 8.94. The number of rotatable bonds is 3. The SMILES string of the molecule is CC(F)C1(CCN)CCOC1. The Labute approximate surface area is 66.9 Å². The third-order valence-corrected chi connectivity index (χ3v) is 2.62. The highest BCUT2D eigenvalue weighted by atomic mass is 19.1. The summed E-state index contributed by atoms with van der Waals surface area (Å²) in [6, 6.07) is 0. The van der Waals surface area contributed by atoms with E-state index in [-0.39, 0.29) is 5.41 Å². The Morgan fingerprint density at radius 2 is 2.45 bits per heavy atom. The Morgan fingerprint density at radius 1 is 1.73 bits per heavy atom. The van der Waals surface area contributed by atoms with Crippen LogP contribution in [0.3, 0.4) is 0 Å². The van der Waals surface area contributed by atoms with Crippen LogP contribution in [0.5, 0.6) is 0 Å². The van der Waals surface area contributed by atoms with Crippen LogP contribution in [-0.2, 0) is 4.74 Å². The summed E-state index contributed by atoms with van der Waals surface area (Å²) in [5, 5.41) is 0.